The zero-order valence-electron chi connectivity index (χ0n) is 18.7. The number of allylic oxidation sites excluding steroid dienone is 1. The maximum absolute atomic E-state index is 14.4. The fourth-order valence-electron chi connectivity index (χ4n) is 4.66. The molecule has 2 saturated carbocycles. The molecule has 0 heterocycles. The van der Waals surface area contributed by atoms with E-state index in [1.54, 1.807) is 13.0 Å². The number of carbonyl (C=O) groups excluding carboxylic acids is 1. The largest absolute Gasteiger partial charge is 0.491 e. The molecule has 2 aliphatic rings. The average Bonchev–Trinajstić information content (AvgIpc) is 2.74. The molecule has 2 aliphatic carbocycles. The second kappa shape index (κ2) is 10.7. The molecule has 0 bridgehead atoms. The third-order valence-electron chi connectivity index (χ3n) is 6.62. The van der Waals surface area contributed by atoms with E-state index >= 15 is 0 Å². The molecule has 2 fully saturated rings. The third-order valence-corrected chi connectivity index (χ3v) is 6.62. The van der Waals surface area contributed by atoms with Gasteiger partial charge in [0.15, 0.2) is 11.6 Å². The Morgan fingerprint density at radius 1 is 1.06 bits per heavy atom. The normalized spacial score (nSPS) is 26.8. The van der Waals surface area contributed by atoms with Crippen LogP contribution >= 0.6 is 0 Å². The first-order valence-corrected chi connectivity index (χ1v) is 11.6. The van der Waals surface area contributed by atoms with Gasteiger partial charge in [0.25, 0.3) is 0 Å². The van der Waals surface area contributed by atoms with Crippen LogP contribution in [0.4, 0.5) is 17.6 Å². The average molecular weight is 457 g/mol. The van der Waals surface area contributed by atoms with E-state index in [9.17, 15) is 22.4 Å². The lowest BCUT2D eigenvalue weighted by Crippen LogP contribution is -2.29. The molecule has 7 heteroatoms. The van der Waals surface area contributed by atoms with Gasteiger partial charge in [-0.3, -0.25) is 4.79 Å². The third kappa shape index (κ3) is 6.26. The van der Waals surface area contributed by atoms with Gasteiger partial charge in [-0.05, 0) is 81.8 Å². The fourth-order valence-corrected chi connectivity index (χ4v) is 4.66. The van der Waals surface area contributed by atoms with Crippen molar-refractivity contribution in [3.63, 3.8) is 0 Å². The Balaban J connectivity index is 1.57. The lowest BCUT2D eigenvalue weighted by molar-refractivity contribution is -0.157. The molecule has 0 aromatic heterocycles. The van der Waals surface area contributed by atoms with Crippen LogP contribution in [-0.4, -0.2) is 18.7 Å². The van der Waals surface area contributed by atoms with Crippen LogP contribution in [0.3, 0.4) is 0 Å². The monoisotopic (exact) mass is 456 g/mol. The van der Waals surface area contributed by atoms with Crippen LogP contribution in [0.15, 0.2) is 18.2 Å². The molecule has 0 aliphatic heterocycles. The van der Waals surface area contributed by atoms with Crippen molar-refractivity contribution in [3.8, 4) is 5.75 Å². The minimum absolute atomic E-state index is 0.000773. The van der Waals surface area contributed by atoms with Crippen LogP contribution in [0.1, 0.15) is 76.3 Å². The molecular weight excluding hydrogens is 424 g/mol. The molecule has 0 N–H and O–H groups in total. The number of halogens is 4. The van der Waals surface area contributed by atoms with Crippen molar-refractivity contribution in [2.45, 2.75) is 77.5 Å². The van der Waals surface area contributed by atoms with Gasteiger partial charge in [0.1, 0.15) is 11.7 Å². The van der Waals surface area contributed by atoms with E-state index in [2.05, 4.69) is 6.92 Å². The van der Waals surface area contributed by atoms with Crippen molar-refractivity contribution >= 4 is 12.0 Å². The Bertz CT molecular complexity index is 802. The van der Waals surface area contributed by atoms with Gasteiger partial charge in [-0.25, -0.2) is 4.39 Å². The van der Waals surface area contributed by atoms with E-state index in [1.807, 2.05) is 0 Å². The SMILES string of the molecule is CCOc1ccc(/C=C/C2CCC(OC(=O)C3CCC(C)CC3)CC2)c(C(F)(F)F)c1F. The summed E-state index contributed by atoms with van der Waals surface area (Å²) in [5.41, 5.74) is -1.51. The Morgan fingerprint density at radius 3 is 2.31 bits per heavy atom. The summed E-state index contributed by atoms with van der Waals surface area (Å²) in [6, 6.07) is 2.47. The number of hydrogen-bond acceptors (Lipinski definition) is 3. The van der Waals surface area contributed by atoms with Crippen LogP contribution in [0.5, 0.6) is 5.75 Å². The lowest BCUT2D eigenvalue weighted by atomic mass is 9.83. The number of alkyl halides is 3. The summed E-state index contributed by atoms with van der Waals surface area (Å²) in [6.45, 7) is 3.87. The van der Waals surface area contributed by atoms with E-state index < -0.39 is 23.3 Å². The summed E-state index contributed by atoms with van der Waals surface area (Å²) in [7, 11) is 0. The smallest absolute Gasteiger partial charge is 0.419 e. The predicted octanol–water partition coefficient (Wildman–Crippen LogP) is 7.18. The predicted molar refractivity (Wildman–Crippen MR) is 115 cm³/mol. The summed E-state index contributed by atoms with van der Waals surface area (Å²) in [5.74, 6) is -1.14. The molecular formula is C25H32F4O3. The van der Waals surface area contributed by atoms with Gasteiger partial charge in [-0.15, -0.1) is 0 Å². The van der Waals surface area contributed by atoms with Crippen molar-refractivity contribution in [3.05, 3.63) is 35.2 Å². The van der Waals surface area contributed by atoms with Gasteiger partial charge in [0.2, 0.25) is 0 Å². The first-order valence-electron chi connectivity index (χ1n) is 11.6. The van der Waals surface area contributed by atoms with E-state index in [0.717, 1.165) is 38.5 Å². The number of esters is 1. The molecule has 0 atom stereocenters. The van der Waals surface area contributed by atoms with Gasteiger partial charge in [0.05, 0.1) is 12.5 Å². The maximum atomic E-state index is 14.4. The highest BCUT2D eigenvalue weighted by Gasteiger charge is 2.38. The molecule has 178 valence electrons. The highest BCUT2D eigenvalue weighted by Crippen LogP contribution is 2.39. The summed E-state index contributed by atoms with van der Waals surface area (Å²) in [4.78, 5) is 12.4. The van der Waals surface area contributed by atoms with Crippen molar-refractivity contribution < 1.29 is 31.8 Å². The molecule has 0 amide bonds. The first-order chi connectivity index (χ1) is 15.2. The van der Waals surface area contributed by atoms with E-state index in [-0.39, 0.29) is 36.1 Å². The Morgan fingerprint density at radius 2 is 1.72 bits per heavy atom. The molecule has 3 rings (SSSR count). The van der Waals surface area contributed by atoms with Crippen LogP contribution < -0.4 is 4.74 Å². The first kappa shape index (κ1) is 24.6. The highest BCUT2D eigenvalue weighted by atomic mass is 19.4. The van der Waals surface area contributed by atoms with E-state index in [0.29, 0.717) is 18.8 Å². The minimum Gasteiger partial charge on any atom is -0.491 e. The number of benzene rings is 1. The summed E-state index contributed by atoms with van der Waals surface area (Å²) >= 11 is 0. The lowest BCUT2D eigenvalue weighted by Gasteiger charge is -2.30. The Kier molecular flexibility index (Phi) is 8.23. The second-order valence-electron chi connectivity index (χ2n) is 9.06. The second-order valence-corrected chi connectivity index (χ2v) is 9.06. The van der Waals surface area contributed by atoms with Gasteiger partial charge >= 0.3 is 12.1 Å². The maximum Gasteiger partial charge on any atom is 0.419 e. The Hall–Kier alpha value is -2.05. The number of ether oxygens (including phenoxy) is 2. The number of carbonyl (C=O) groups is 1. The quantitative estimate of drug-likeness (QED) is 0.336. The highest BCUT2D eigenvalue weighted by molar-refractivity contribution is 5.72. The van der Waals surface area contributed by atoms with Crippen molar-refractivity contribution in [1.29, 1.82) is 0 Å². The molecule has 0 unspecified atom stereocenters. The summed E-state index contributed by atoms with van der Waals surface area (Å²) in [6.07, 6.45) is 4.82. The standard InChI is InChI=1S/C25H32F4O3/c1-3-31-21-15-12-18(22(23(21)26)25(27,28)29)11-6-17-7-13-20(14-8-17)32-24(30)19-9-4-16(2)5-10-19/h6,11-12,15-17,19-20H,3-5,7-10,13-14H2,1-2H3/b11-6+. The molecule has 3 nitrogen and oxygen atoms in total. The van der Waals surface area contributed by atoms with Gasteiger partial charge in [0, 0.05) is 0 Å². The van der Waals surface area contributed by atoms with Crippen LogP contribution in [0.25, 0.3) is 6.08 Å². The van der Waals surface area contributed by atoms with Gasteiger partial charge in [-0.1, -0.05) is 25.1 Å². The molecule has 0 saturated heterocycles. The zero-order chi connectivity index (χ0) is 23.3. The zero-order valence-corrected chi connectivity index (χ0v) is 18.7. The summed E-state index contributed by atoms with van der Waals surface area (Å²) in [5, 5.41) is 0. The van der Waals surface area contributed by atoms with Crippen LogP contribution in [0.2, 0.25) is 0 Å². The van der Waals surface area contributed by atoms with E-state index in [4.69, 9.17) is 9.47 Å². The van der Waals surface area contributed by atoms with Gasteiger partial charge in [-0.2, -0.15) is 13.2 Å². The number of rotatable bonds is 6. The van der Waals surface area contributed by atoms with E-state index in [1.165, 1.54) is 18.2 Å². The van der Waals surface area contributed by atoms with Crippen molar-refractivity contribution in [2.75, 3.05) is 6.61 Å². The molecule has 0 radical (unpaired) electrons. The van der Waals surface area contributed by atoms with Crippen LogP contribution in [0, 0.1) is 23.6 Å². The number of hydrogen-bond donors (Lipinski definition) is 0. The topological polar surface area (TPSA) is 35.5 Å². The Labute approximate surface area is 187 Å². The fraction of sp³-hybridized carbons (Fsp3) is 0.640. The van der Waals surface area contributed by atoms with Crippen molar-refractivity contribution in [1.82, 2.24) is 0 Å². The van der Waals surface area contributed by atoms with Gasteiger partial charge < -0.3 is 9.47 Å². The van der Waals surface area contributed by atoms with Crippen LogP contribution in [-0.2, 0) is 15.7 Å². The molecule has 1 aromatic rings. The molecule has 0 spiro atoms. The molecule has 1 aromatic carbocycles. The minimum atomic E-state index is -4.82. The molecule has 32 heavy (non-hydrogen) atoms. The summed E-state index contributed by atoms with van der Waals surface area (Å²) < 4.78 is 65.5. The van der Waals surface area contributed by atoms with Crippen molar-refractivity contribution in [2.24, 2.45) is 17.8 Å².